The van der Waals surface area contributed by atoms with Crippen LogP contribution >= 0.6 is 0 Å². The maximum atomic E-state index is 11.8. The third-order valence-electron chi connectivity index (χ3n) is 6.13. The molecule has 32 heavy (non-hydrogen) atoms. The lowest BCUT2D eigenvalue weighted by Gasteiger charge is -2.03. The van der Waals surface area contributed by atoms with Gasteiger partial charge in [-0.25, -0.2) is 0 Å². The number of allylic oxidation sites excluding steroid dienone is 2. The smallest absolute Gasteiger partial charge is 0.311 e. The van der Waals surface area contributed by atoms with Crippen LogP contribution in [-0.4, -0.2) is 5.97 Å². The lowest BCUT2D eigenvalue weighted by Crippen LogP contribution is -2.06. The number of hydrogen-bond acceptors (Lipinski definition) is 2. The quantitative estimate of drug-likeness (QED) is 0.0772. The van der Waals surface area contributed by atoms with Gasteiger partial charge in [-0.3, -0.25) is 4.79 Å². The molecule has 2 nitrogen and oxygen atoms in total. The summed E-state index contributed by atoms with van der Waals surface area (Å²) in [5.41, 5.74) is 0. The van der Waals surface area contributed by atoms with Gasteiger partial charge in [0.05, 0.1) is 0 Å². The minimum absolute atomic E-state index is 0.154. The first kappa shape index (κ1) is 28.5. The van der Waals surface area contributed by atoms with Crippen LogP contribution in [0.2, 0.25) is 0 Å². The van der Waals surface area contributed by atoms with Crippen LogP contribution in [0.4, 0.5) is 0 Å². The van der Waals surface area contributed by atoms with Crippen molar-refractivity contribution in [1.82, 2.24) is 0 Å². The van der Waals surface area contributed by atoms with Crippen molar-refractivity contribution < 1.29 is 9.53 Å². The molecule has 0 N–H and O–H groups in total. The fourth-order valence-electron chi connectivity index (χ4n) is 4.09. The van der Waals surface area contributed by atoms with Gasteiger partial charge in [0.1, 0.15) is 5.75 Å². The number of benzene rings is 1. The van der Waals surface area contributed by atoms with Gasteiger partial charge in [-0.15, -0.1) is 0 Å². The molecule has 0 spiro atoms. The number of esters is 1. The van der Waals surface area contributed by atoms with Gasteiger partial charge in [0.2, 0.25) is 0 Å². The Bertz CT molecular complexity index is 549. The maximum absolute atomic E-state index is 11.8. The molecule has 0 amide bonds. The van der Waals surface area contributed by atoms with Crippen LogP contribution in [0.15, 0.2) is 42.5 Å². The second-order valence-electron chi connectivity index (χ2n) is 9.24. The van der Waals surface area contributed by atoms with E-state index in [2.05, 4.69) is 19.1 Å². The van der Waals surface area contributed by atoms with Crippen molar-refractivity contribution in [2.45, 2.75) is 135 Å². The molecule has 1 aromatic carbocycles. The predicted octanol–water partition coefficient (Wildman–Crippen LogP) is 9.97. The maximum Gasteiger partial charge on any atom is 0.311 e. The number of rotatable bonds is 22. The zero-order chi connectivity index (χ0) is 23.0. The van der Waals surface area contributed by atoms with E-state index in [9.17, 15) is 4.79 Å². The number of unbranched alkanes of at least 4 members (excludes halogenated alkanes) is 17. The first-order valence-electron chi connectivity index (χ1n) is 13.7. The Morgan fingerprint density at radius 1 is 0.625 bits per heavy atom. The summed E-state index contributed by atoms with van der Waals surface area (Å²) in [6.45, 7) is 2.29. The standard InChI is InChI=1S/C30H50O2/c1-2-3-4-5-6-7-8-9-10-11-12-13-14-15-16-17-18-19-20-21-25-28-30(31)32-29-26-23-22-24-27-29/h20-24,26-27H,2-19,25,28H2,1H3/b21-20+. The van der Waals surface area contributed by atoms with Crippen molar-refractivity contribution in [2.24, 2.45) is 0 Å². The average Bonchev–Trinajstić information content (AvgIpc) is 2.80. The average molecular weight is 443 g/mol. The van der Waals surface area contributed by atoms with Gasteiger partial charge in [0, 0.05) is 6.42 Å². The van der Waals surface area contributed by atoms with Crippen molar-refractivity contribution in [3.63, 3.8) is 0 Å². The van der Waals surface area contributed by atoms with Gasteiger partial charge < -0.3 is 4.74 Å². The van der Waals surface area contributed by atoms with Crippen LogP contribution in [0.25, 0.3) is 0 Å². The Morgan fingerprint density at radius 3 is 1.56 bits per heavy atom. The Morgan fingerprint density at radius 2 is 1.06 bits per heavy atom. The Labute approximate surface area is 199 Å². The molecular formula is C30H50O2. The molecule has 182 valence electrons. The number of carbonyl (C=O) groups is 1. The summed E-state index contributed by atoms with van der Waals surface area (Å²) in [6, 6.07) is 9.29. The number of para-hydroxylation sites is 1. The molecule has 2 heteroatoms. The fourth-order valence-corrected chi connectivity index (χ4v) is 4.09. The van der Waals surface area contributed by atoms with E-state index in [0.717, 1.165) is 12.8 Å². The minimum Gasteiger partial charge on any atom is -0.427 e. The van der Waals surface area contributed by atoms with Crippen LogP contribution < -0.4 is 4.74 Å². The van der Waals surface area contributed by atoms with E-state index in [1.54, 1.807) is 0 Å². The van der Waals surface area contributed by atoms with Crippen molar-refractivity contribution in [3.05, 3.63) is 42.5 Å². The summed E-state index contributed by atoms with van der Waals surface area (Å²) >= 11 is 0. The highest BCUT2D eigenvalue weighted by molar-refractivity contribution is 5.72. The van der Waals surface area contributed by atoms with E-state index in [1.807, 2.05) is 30.3 Å². The van der Waals surface area contributed by atoms with Crippen molar-refractivity contribution in [3.8, 4) is 5.75 Å². The zero-order valence-electron chi connectivity index (χ0n) is 21.0. The SMILES string of the molecule is CCCCCCCCCCCCCCCCCCC/C=C/CCC(=O)Oc1ccccc1. The molecule has 0 bridgehead atoms. The molecule has 0 aliphatic heterocycles. The molecule has 0 aromatic heterocycles. The summed E-state index contributed by atoms with van der Waals surface area (Å²) in [7, 11) is 0. The van der Waals surface area contributed by atoms with Crippen LogP contribution in [0.1, 0.15) is 135 Å². The van der Waals surface area contributed by atoms with Crippen LogP contribution in [-0.2, 0) is 4.79 Å². The Kier molecular flexibility index (Phi) is 20.1. The largest absolute Gasteiger partial charge is 0.427 e. The fraction of sp³-hybridized carbons (Fsp3) is 0.700. The van der Waals surface area contributed by atoms with Crippen molar-refractivity contribution in [2.75, 3.05) is 0 Å². The van der Waals surface area contributed by atoms with Gasteiger partial charge in [0.15, 0.2) is 0 Å². The third kappa shape index (κ3) is 19.1. The molecule has 0 unspecified atom stereocenters. The second kappa shape index (κ2) is 22.6. The molecule has 0 heterocycles. The first-order valence-corrected chi connectivity index (χ1v) is 13.7. The molecule has 0 fully saturated rings. The minimum atomic E-state index is -0.154. The summed E-state index contributed by atoms with van der Waals surface area (Å²) in [5, 5.41) is 0. The lowest BCUT2D eigenvalue weighted by molar-refractivity contribution is -0.134. The Balaban J connectivity index is 1.75. The topological polar surface area (TPSA) is 26.3 Å². The van der Waals surface area contributed by atoms with E-state index < -0.39 is 0 Å². The highest BCUT2D eigenvalue weighted by Gasteiger charge is 2.02. The van der Waals surface area contributed by atoms with Crippen LogP contribution in [0.5, 0.6) is 5.75 Å². The highest BCUT2D eigenvalue weighted by atomic mass is 16.5. The van der Waals surface area contributed by atoms with Crippen molar-refractivity contribution >= 4 is 5.97 Å². The van der Waals surface area contributed by atoms with Gasteiger partial charge in [-0.05, 0) is 31.4 Å². The number of ether oxygens (including phenoxy) is 1. The molecule has 0 aliphatic rings. The monoisotopic (exact) mass is 442 g/mol. The van der Waals surface area contributed by atoms with E-state index in [-0.39, 0.29) is 5.97 Å². The van der Waals surface area contributed by atoms with E-state index in [4.69, 9.17) is 4.74 Å². The van der Waals surface area contributed by atoms with Gasteiger partial charge in [-0.1, -0.05) is 140 Å². The summed E-state index contributed by atoms with van der Waals surface area (Å²) in [6.07, 6.45) is 30.7. The number of hydrogen-bond donors (Lipinski definition) is 0. The molecule has 0 atom stereocenters. The zero-order valence-corrected chi connectivity index (χ0v) is 21.0. The molecule has 0 aliphatic carbocycles. The first-order chi connectivity index (χ1) is 15.8. The Hall–Kier alpha value is -1.57. The second-order valence-corrected chi connectivity index (χ2v) is 9.24. The molecule has 0 saturated carbocycles. The normalized spacial score (nSPS) is 11.3. The molecule has 1 aromatic rings. The summed E-state index contributed by atoms with van der Waals surface area (Å²) in [4.78, 5) is 11.8. The number of carbonyl (C=O) groups excluding carboxylic acids is 1. The molecule has 1 rings (SSSR count). The van der Waals surface area contributed by atoms with Crippen LogP contribution in [0.3, 0.4) is 0 Å². The molecule has 0 radical (unpaired) electrons. The highest BCUT2D eigenvalue weighted by Crippen LogP contribution is 2.14. The summed E-state index contributed by atoms with van der Waals surface area (Å²) < 4.78 is 5.29. The van der Waals surface area contributed by atoms with E-state index in [1.165, 1.54) is 109 Å². The predicted molar refractivity (Wildman–Crippen MR) is 139 cm³/mol. The van der Waals surface area contributed by atoms with Gasteiger partial charge in [-0.2, -0.15) is 0 Å². The van der Waals surface area contributed by atoms with Crippen molar-refractivity contribution in [1.29, 1.82) is 0 Å². The van der Waals surface area contributed by atoms with Gasteiger partial charge >= 0.3 is 5.97 Å². The molecular weight excluding hydrogens is 392 g/mol. The molecule has 0 saturated heterocycles. The third-order valence-corrected chi connectivity index (χ3v) is 6.13. The van der Waals surface area contributed by atoms with E-state index >= 15 is 0 Å². The van der Waals surface area contributed by atoms with Gasteiger partial charge in [0.25, 0.3) is 0 Å². The van der Waals surface area contributed by atoms with Crippen LogP contribution in [0, 0.1) is 0 Å². The van der Waals surface area contributed by atoms with E-state index in [0.29, 0.717) is 12.2 Å². The lowest BCUT2D eigenvalue weighted by atomic mass is 10.0. The summed E-state index contributed by atoms with van der Waals surface area (Å²) in [5.74, 6) is 0.476.